The van der Waals surface area contributed by atoms with E-state index in [9.17, 15) is 4.79 Å². The number of anilines is 1. The molecule has 3 rings (SSSR count). The molecule has 0 saturated carbocycles. The Labute approximate surface area is 99.9 Å². The maximum Gasteiger partial charge on any atom is 0.224 e. The van der Waals surface area contributed by atoms with Crippen LogP contribution in [-0.2, 0) is 16.0 Å². The Morgan fingerprint density at radius 2 is 2.29 bits per heavy atom. The summed E-state index contributed by atoms with van der Waals surface area (Å²) in [4.78, 5) is 11.3. The first-order valence-electron chi connectivity index (χ1n) is 5.84. The highest BCUT2D eigenvalue weighted by Gasteiger charge is 2.40. The molecule has 1 amide bonds. The number of benzene rings is 1. The Bertz CT molecular complexity index is 466. The number of carbonyl (C=O) groups is 1. The van der Waals surface area contributed by atoms with Gasteiger partial charge in [-0.1, -0.05) is 6.07 Å². The normalized spacial score (nSPS) is 26.1. The van der Waals surface area contributed by atoms with Crippen LogP contribution in [0.5, 0.6) is 5.75 Å². The van der Waals surface area contributed by atoms with Crippen LogP contribution in [0.4, 0.5) is 5.69 Å². The van der Waals surface area contributed by atoms with Crippen molar-refractivity contribution in [2.75, 3.05) is 18.5 Å². The van der Waals surface area contributed by atoms with E-state index in [2.05, 4.69) is 5.32 Å². The summed E-state index contributed by atoms with van der Waals surface area (Å²) in [5.41, 5.74) is 1.94. The molecule has 1 N–H and O–H groups in total. The van der Waals surface area contributed by atoms with Crippen LogP contribution < -0.4 is 10.1 Å². The average Bonchev–Trinajstić information content (AvgIpc) is 3.05. The number of nitrogens with one attached hydrogen (secondary N) is 1. The van der Waals surface area contributed by atoms with Gasteiger partial charge in [0.1, 0.15) is 18.0 Å². The molecular weight excluding hydrogens is 218 g/mol. The largest absolute Gasteiger partial charge is 0.490 e. The van der Waals surface area contributed by atoms with Crippen LogP contribution in [0.2, 0.25) is 0 Å². The predicted molar refractivity (Wildman–Crippen MR) is 63.2 cm³/mol. The van der Waals surface area contributed by atoms with Crippen LogP contribution in [0.1, 0.15) is 18.9 Å². The van der Waals surface area contributed by atoms with Crippen LogP contribution in [-0.4, -0.2) is 24.7 Å². The van der Waals surface area contributed by atoms with Crippen LogP contribution in [0.25, 0.3) is 0 Å². The first-order chi connectivity index (χ1) is 8.15. The molecule has 0 aromatic heterocycles. The van der Waals surface area contributed by atoms with Gasteiger partial charge in [-0.25, -0.2) is 0 Å². The van der Waals surface area contributed by atoms with Crippen molar-refractivity contribution in [3.8, 4) is 5.75 Å². The fraction of sp³-hybridized carbons (Fsp3) is 0.462. The molecule has 2 aliphatic heterocycles. The quantitative estimate of drug-likeness (QED) is 0.809. The second kappa shape index (κ2) is 3.74. The minimum Gasteiger partial charge on any atom is -0.490 e. The molecule has 1 fully saturated rings. The summed E-state index contributed by atoms with van der Waals surface area (Å²) in [5.74, 6) is 0.856. The predicted octanol–water partition coefficient (Wildman–Crippen LogP) is 1.74. The highest BCUT2D eigenvalue weighted by atomic mass is 16.6. The molecule has 1 unspecified atom stereocenters. The number of amides is 1. The second-order valence-electron chi connectivity index (χ2n) is 4.89. The molecule has 2 aliphatic rings. The van der Waals surface area contributed by atoms with E-state index < -0.39 is 0 Å². The smallest absolute Gasteiger partial charge is 0.224 e. The number of aryl methyl sites for hydroxylation is 1. The van der Waals surface area contributed by atoms with E-state index >= 15 is 0 Å². The van der Waals surface area contributed by atoms with Gasteiger partial charge in [-0.05, 0) is 25.0 Å². The fourth-order valence-electron chi connectivity index (χ4n) is 1.88. The molecule has 90 valence electrons. The van der Waals surface area contributed by atoms with Crippen LogP contribution in [0, 0.1) is 0 Å². The summed E-state index contributed by atoms with van der Waals surface area (Å²) < 4.78 is 10.9. The van der Waals surface area contributed by atoms with E-state index in [1.807, 2.05) is 25.1 Å². The van der Waals surface area contributed by atoms with E-state index in [4.69, 9.17) is 9.47 Å². The van der Waals surface area contributed by atoms with Gasteiger partial charge in [0.25, 0.3) is 0 Å². The zero-order valence-corrected chi connectivity index (χ0v) is 9.79. The number of hydrogen-bond acceptors (Lipinski definition) is 3. The van der Waals surface area contributed by atoms with E-state index in [0.29, 0.717) is 13.0 Å². The van der Waals surface area contributed by atoms with Crippen molar-refractivity contribution >= 4 is 11.6 Å². The molecule has 0 radical (unpaired) electrons. The summed E-state index contributed by atoms with van der Waals surface area (Å²) in [7, 11) is 0. The Morgan fingerprint density at radius 3 is 3.06 bits per heavy atom. The van der Waals surface area contributed by atoms with Crippen LogP contribution in [0.3, 0.4) is 0 Å². The van der Waals surface area contributed by atoms with E-state index in [1.165, 1.54) is 5.56 Å². The summed E-state index contributed by atoms with van der Waals surface area (Å²) in [6.07, 6.45) is 1.38. The zero-order chi connectivity index (χ0) is 11.9. The Morgan fingerprint density at radius 1 is 1.47 bits per heavy atom. The lowest BCUT2D eigenvalue weighted by atomic mass is 10.0. The summed E-state index contributed by atoms with van der Waals surface area (Å²) in [6, 6.07) is 5.85. The fourth-order valence-corrected chi connectivity index (χ4v) is 1.88. The summed E-state index contributed by atoms with van der Waals surface area (Å²) >= 11 is 0. The molecule has 1 atom stereocenters. The highest BCUT2D eigenvalue weighted by Crippen LogP contribution is 2.30. The SMILES string of the molecule is CC1(COc2ccc3c(c2)NC(=O)CC3)CO1. The Balaban J connectivity index is 1.73. The van der Waals surface area contributed by atoms with Crippen molar-refractivity contribution in [3.05, 3.63) is 23.8 Å². The highest BCUT2D eigenvalue weighted by molar-refractivity contribution is 5.94. The van der Waals surface area contributed by atoms with Gasteiger partial charge in [-0.2, -0.15) is 0 Å². The van der Waals surface area contributed by atoms with Gasteiger partial charge in [-0.15, -0.1) is 0 Å². The van der Waals surface area contributed by atoms with Crippen molar-refractivity contribution in [3.63, 3.8) is 0 Å². The molecule has 0 spiro atoms. The van der Waals surface area contributed by atoms with E-state index in [1.54, 1.807) is 0 Å². The van der Waals surface area contributed by atoms with Crippen LogP contribution in [0.15, 0.2) is 18.2 Å². The lowest BCUT2D eigenvalue weighted by Gasteiger charge is -2.18. The van der Waals surface area contributed by atoms with E-state index in [0.717, 1.165) is 24.5 Å². The monoisotopic (exact) mass is 233 g/mol. The van der Waals surface area contributed by atoms with Gasteiger partial charge in [0.15, 0.2) is 0 Å². The van der Waals surface area contributed by atoms with Gasteiger partial charge in [0.05, 0.1) is 6.61 Å². The number of rotatable bonds is 3. The Hall–Kier alpha value is -1.55. The first-order valence-corrected chi connectivity index (χ1v) is 5.84. The molecule has 0 bridgehead atoms. The number of hydrogen-bond donors (Lipinski definition) is 1. The topological polar surface area (TPSA) is 50.9 Å². The lowest BCUT2D eigenvalue weighted by Crippen LogP contribution is -2.20. The molecule has 4 nitrogen and oxygen atoms in total. The maximum atomic E-state index is 11.3. The third kappa shape index (κ3) is 2.26. The van der Waals surface area contributed by atoms with Crippen molar-refractivity contribution in [2.45, 2.75) is 25.4 Å². The average molecular weight is 233 g/mol. The number of ether oxygens (including phenoxy) is 2. The minimum atomic E-state index is -0.112. The number of fused-ring (bicyclic) bond motifs is 1. The van der Waals surface area contributed by atoms with Gasteiger partial charge in [0, 0.05) is 18.2 Å². The summed E-state index contributed by atoms with van der Waals surface area (Å²) in [6.45, 7) is 3.33. The molecule has 4 heteroatoms. The molecule has 17 heavy (non-hydrogen) atoms. The Kier molecular flexibility index (Phi) is 2.33. The van der Waals surface area contributed by atoms with Crippen molar-refractivity contribution in [2.24, 2.45) is 0 Å². The molecule has 1 saturated heterocycles. The second-order valence-corrected chi connectivity index (χ2v) is 4.89. The maximum absolute atomic E-state index is 11.3. The van der Waals surface area contributed by atoms with Crippen molar-refractivity contribution in [1.29, 1.82) is 0 Å². The molecule has 1 aromatic carbocycles. The van der Waals surface area contributed by atoms with Gasteiger partial charge in [-0.3, -0.25) is 4.79 Å². The molecular formula is C13H15NO3. The van der Waals surface area contributed by atoms with Crippen molar-refractivity contribution < 1.29 is 14.3 Å². The zero-order valence-electron chi connectivity index (χ0n) is 9.79. The first kappa shape index (κ1) is 10.6. The third-order valence-corrected chi connectivity index (χ3v) is 3.16. The van der Waals surface area contributed by atoms with E-state index in [-0.39, 0.29) is 11.5 Å². The number of carbonyl (C=O) groups excluding carboxylic acids is 1. The lowest BCUT2D eigenvalue weighted by molar-refractivity contribution is -0.116. The third-order valence-electron chi connectivity index (χ3n) is 3.16. The molecule has 1 aromatic rings. The molecule has 2 heterocycles. The van der Waals surface area contributed by atoms with Gasteiger partial charge in [0.2, 0.25) is 5.91 Å². The standard InChI is InChI=1S/C13H15NO3/c1-13(8-17-13)7-16-10-4-2-9-3-5-12(15)14-11(9)6-10/h2,4,6H,3,5,7-8H2,1H3,(H,14,15). The number of epoxide rings is 1. The minimum absolute atomic E-state index is 0.0761. The van der Waals surface area contributed by atoms with Crippen molar-refractivity contribution in [1.82, 2.24) is 0 Å². The molecule has 0 aliphatic carbocycles. The van der Waals surface area contributed by atoms with Crippen LogP contribution >= 0.6 is 0 Å². The summed E-state index contributed by atoms with van der Waals surface area (Å²) in [5, 5.41) is 2.86. The van der Waals surface area contributed by atoms with Gasteiger partial charge >= 0.3 is 0 Å². The van der Waals surface area contributed by atoms with Gasteiger partial charge < -0.3 is 14.8 Å².